The highest BCUT2D eigenvalue weighted by atomic mass is 32.2. The monoisotopic (exact) mass is 514 g/mol. The number of rotatable bonds is 10. The number of methoxy groups -OCH3 is 1. The normalized spacial score (nSPS) is 12.3. The van der Waals surface area contributed by atoms with Gasteiger partial charge in [0.05, 0.1) is 25.5 Å². The van der Waals surface area contributed by atoms with Crippen LogP contribution in [0.15, 0.2) is 71.3 Å². The number of sulfonamides is 1. The second-order valence-electron chi connectivity index (χ2n) is 7.42. The van der Waals surface area contributed by atoms with Gasteiger partial charge in [-0.2, -0.15) is 0 Å². The van der Waals surface area contributed by atoms with Crippen molar-refractivity contribution in [1.29, 1.82) is 0 Å². The Balaban J connectivity index is 1.45. The standard InChI is InChI=1S/C22H22N6O5S2/c1-33-18-6-4-15(5-7-18)11-19(22(29)26-30)28-14-17(25-27-28)13-24-35(31,32)21-9-8-20(34-21)16-3-2-10-23-12-16/h2-10,12,14,19,24,30H,11,13H2,1H3,(H,26,29)/t19-/m0/s1. The molecule has 4 rings (SSSR count). The lowest BCUT2D eigenvalue weighted by molar-refractivity contribution is -0.133. The number of carbonyl (C=O) groups is 1. The van der Waals surface area contributed by atoms with E-state index in [1.54, 1.807) is 61.4 Å². The molecule has 0 aliphatic rings. The average molecular weight is 515 g/mol. The molecule has 3 heterocycles. The first-order chi connectivity index (χ1) is 16.9. The summed E-state index contributed by atoms with van der Waals surface area (Å²) in [5.74, 6) is -0.00935. The summed E-state index contributed by atoms with van der Waals surface area (Å²) < 4.78 is 34.6. The Labute approximate surface area is 205 Å². The minimum absolute atomic E-state index is 0.127. The van der Waals surface area contributed by atoms with E-state index in [1.165, 1.54) is 16.9 Å². The molecule has 0 saturated heterocycles. The number of hydrogen-bond donors (Lipinski definition) is 3. The van der Waals surface area contributed by atoms with E-state index in [-0.39, 0.29) is 17.2 Å². The maximum atomic E-state index is 12.8. The third-order valence-corrected chi connectivity index (χ3v) is 8.14. The van der Waals surface area contributed by atoms with Crippen molar-refractivity contribution in [2.75, 3.05) is 7.11 Å². The van der Waals surface area contributed by atoms with Gasteiger partial charge >= 0.3 is 0 Å². The van der Waals surface area contributed by atoms with Crippen molar-refractivity contribution in [2.24, 2.45) is 0 Å². The van der Waals surface area contributed by atoms with Gasteiger partial charge in [-0.05, 0) is 35.9 Å². The van der Waals surface area contributed by atoms with E-state index in [1.807, 2.05) is 6.07 Å². The van der Waals surface area contributed by atoms with Crippen LogP contribution in [0.3, 0.4) is 0 Å². The zero-order valence-electron chi connectivity index (χ0n) is 18.5. The third-order valence-electron chi connectivity index (χ3n) is 5.11. The summed E-state index contributed by atoms with van der Waals surface area (Å²) in [5.41, 5.74) is 3.58. The van der Waals surface area contributed by atoms with Gasteiger partial charge in [0, 0.05) is 29.3 Å². The van der Waals surface area contributed by atoms with Crippen LogP contribution >= 0.6 is 11.3 Å². The Morgan fingerprint density at radius 3 is 2.69 bits per heavy atom. The number of pyridine rings is 1. The summed E-state index contributed by atoms with van der Waals surface area (Å²) >= 11 is 1.13. The summed E-state index contributed by atoms with van der Waals surface area (Å²) in [5, 5.41) is 17.1. The van der Waals surface area contributed by atoms with Gasteiger partial charge in [0.15, 0.2) is 0 Å². The van der Waals surface area contributed by atoms with Gasteiger partial charge in [-0.1, -0.05) is 23.4 Å². The van der Waals surface area contributed by atoms with E-state index in [0.717, 1.165) is 27.3 Å². The van der Waals surface area contributed by atoms with Crippen molar-refractivity contribution in [3.63, 3.8) is 0 Å². The van der Waals surface area contributed by atoms with Crippen molar-refractivity contribution in [3.8, 4) is 16.2 Å². The molecule has 1 amide bonds. The van der Waals surface area contributed by atoms with Gasteiger partial charge in [0.2, 0.25) is 10.0 Å². The molecule has 0 saturated carbocycles. The molecule has 0 aliphatic carbocycles. The quantitative estimate of drug-likeness (QED) is 0.215. The number of thiophene rings is 1. The van der Waals surface area contributed by atoms with Crippen LogP contribution in [0.2, 0.25) is 0 Å². The molecule has 0 fully saturated rings. The molecule has 0 spiro atoms. The number of hydrogen-bond acceptors (Lipinski definition) is 9. The molecule has 0 radical (unpaired) electrons. The summed E-state index contributed by atoms with van der Waals surface area (Å²) in [7, 11) is -2.24. The first-order valence-corrected chi connectivity index (χ1v) is 12.7. The molecule has 4 aromatic rings. The smallest absolute Gasteiger partial charge is 0.268 e. The number of hydroxylamine groups is 1. The molecule has 1 aromatic carbocycles. The maximum absolute atomic E-state index is 12.8. The van der Waals surface area contributed by atoms with Crippen molar-refractivity contribution in [2.45, 2.75) is 23.2 Å². The Morgan fingerprint density at radius 1 is 1.20 bits per heavy atom. The number of ether oxygens (including phenoxy) is 1. The topological polar surface area (TPSA) is 148 Å². The number of nitrogens with one attached hydrogen (secondary N) is 2. The molecule has 11 nitrogen and oxygen atoms in total. The fraction of sp³-hybridized carbons (Fsp3) is 0.182. The molecule has 35 heavy (non-hydrogen) atoms. The highest BCUT2D eigenvalue weighted by Gasteiger charge is 2.23. The van der Waals surface area contributed by atoms with Crippen LogP contribution in [0.5, 0.6) is 5.75 Å². The fourth-order valence-corrected chi connectivity index (χ4v) is 5.62. The zero-order chi connectivity index (χ0) is 24.8. The van der Waals surface area contributed by atoms with Crippen molar-refractivity contribution < 1.29 is 23.2 Å². The SMILES string of the molecule is COc1ccc(C[C@@H](C(=O)NO)n2cc(CNS(=O)(=O)c3ccc(-c4cccnc4)s3)nn2)cc1. The summed E-state index contributed by atoms with van der Waals surface area (Å²) in [6.07, 6.45) is 4.99. The predicted octanol–water partition coefficient (Wildman–Crippen LogP) is 2.18. The first kappa shape index (κ1) is 24.5. The molecule has 0 unspecified atom stereocenters. The number of nitrogens with zero attached hydrogens (tertiary/aromatic N) is 4. The van der Waals surface area contributed by atoms with Gasteiger partial charge in [0.25, 0.3) is 5.91 Å². The second-order valence-corrected chi connectivity index (χ2v) is 10.5. The molecule has 3 aromatic heterocycles. The number of carbonyl (C=O) groups excluding carboxylic acids is 1. The Hall–Kier alpha value is -3.65. The highest BCUT2D eigenvalue weighted by Crippen LogP contribution is 2.30. The van der Waals surface area contributed by atoms with E-state index in [0.29, 0.717) is 11.4 Å². The number of benzene rings is 1. The lowest BCUT2D eigenvalue weighted by Crippen LogP contribution is -2.32. The minimum atomic E-state index is -3.79. The molecule has 0 bridgehead atoms. The lowest BCUT2D eigenvalue weighted by Gasteiger charge is -2.15. The second kappa shape index (κ2) is 10.7. The molecular weight excluding hydrogens is 492 g/mol. The molecule has 0 aliphatic heterocycles. The number of amides is 1. The van der Waals surface area contributed by atoms with Gasteiger partial charge in [-0.3, -0.25) is 15.0 Å². The minimum Gasteiger partial charge on any atom is -0.497 e. The number of aromatic nitrogens is 4. The van der Waals surface area contributed by atoms with E-state index in [9.17, 15) is 18.4 Å². The van der Waals surface area contributed by atoms with Crippen molar-refractivity contribution in [1.82, 2.24) is 30.2 Å². The largest absolute Gasteiger partial charge is 0.497 e. The van der Waals surface area contributed by atoms with Crippen LogP contribution < -0.4 is 14.9 Å². The Morgan fingerprint density at radius 2 is 2.00 bits per heavy atom. The summed E-state index contributed by atoms with van der Waals surface area (Å²) in [6.45, 7) is -0.127. The molecule has 182 valence electrons. The van der Waals surface area contributed by atoms with Crippen LogP contribution in [0.4, 0.5) is 0 Å². The highest BCUT2D eigenvalue weighted by molar-refractivity contribution is 7.91. The van der Waals surface area contributed by atoms with Crippen LogP contribution in [0.25, 0.3) is 10.4 Å². The average Bonchev–Trinajstić information content (AvgIpc) is 3.57. The Kier molecular flexibility index (Phi) is 7.51. The first-order valence-electron chi connectivity index (χ1n) is 10.4. The summed E-state index contributed by atoms with van der Waals surface area (Å²) in [6, 6.07) is 13.1. The van der Waals surface area contributed by atoms with Crippen LogP contribution in [-0.4, -0.2) is 46.6 Å². The van der Waals surface area contributed by atoms with Crippen molar-refractivity contribution >= 4 is 27.3 Å². The summed E-state index contributed by atoms with van der Waals surface area (Å²) in [4.78, 5) is 17.1. The van der Waals surface area contributed by atoms with Crippen LogP contribution in [0.1, 0.15) is 17.3 Å². The van der Waals surface area contributed by atoms with Gasteiger partial charge < -0.3 is 4.74 Å². The molecule has 13 heteroatoms. The van der Waals surface area contributed by atoms with Gasteiger partial charge in [0.1, 0.15) is 16.0 Å². The predicted molar refractivity (Wildman–Crippen MR) is 127 cm³/mol. The third kappa shape index (κ3) is 5.89. The van der Waals surface area contributed by atoms with E-state index >= 15 is 0 Å². The van der Waals surface area contributed by atoms with Crippen LogP contribution in [0, 0.1) is 0 Å². The van der Waals surface area contributed by atoms with E-state index in [2.05, 4.69) is 20.0 Å². The molecular formula is C22H22N6O5S2. The van der Waals surface area contributed by atoms with E-state index < -0.39 is 22.0 Å². The fourth-order valence-electron chi connectivity index (χ4n) is 3.28. The van der Waals surface area contributed by atoms with E-state index in [4.69, 9.17) is 4.74 Å². The Bertz CT molecular complexity index is 1390. The lowest BCUT2D eigenvalue weighted by atomic mass is 10.1. The van der Waals surface area contributed by atoms with Gasteiger partial charge in [-0.25, -0.2) is 23.3 Å². The van der Waals surface area contributed by atoms with Crippen LogP contribution in [-0.2, 0) is 27.8 Å². The molecule has 3 N–H and O–H groups in total. The zero-order valence-corrected chi connectivity index (χ0v) is 20.2. The maximum Gasteiger partial charge on any atom is 0.268 e. The van der Waals surface area contributed by atoms with Crippen molar-refractivity contribution in [3.05, 3.63) is 78.4 Å². The molecule has 1 atom stereocenters. The van der Waals surface area contributed by atoms with Gasteiger partial charge in [-0.15, -0.1) is 16.4 Å².